The minimum absolute atomic E-state index is 0.529. The first-order valence-corrected chi connectivity index (χ1v) is 6.56. The zero-order valence-electron chi connectivity index (χ0n) is 10.9. The third-order valence-electron chi connectivity index (χ3n) is 3.88. The molecule has 94 valence electrons. The SMILES string of the molecule is CC1CCN(Cc2cccc(CN)n2)CC1C. The summed E-state index contributed by atoms with van der Waals surface area (Å²) in [6.45, 7) is 8.58. The predicted octanol–water partition coefficient (Wildman–Crippen LogP) is 2.02. The van der Waals surface area contributed by atoms with Gasteiger partial charge in [0, 0.05) is 19.6 Å². The van der Waals surface area contributed by atoms with Crippen molar-refractivity contribution in [2.45, 2.75) is 33.4 Å². The first kappa shape index (κ1) is 12.5. The molecule has 1 aromatic heterocycles. The smallest absolute Gasteiger partial charge is 0.0547 e. The number of piperidine rings is 1. The van der Waals surface area contributed by atoms with E-state index in [1.165, 1.54) is 19.5 Å². The van der Waals surface area contributed by atoms with Gasteiger partial charge in [-0.25, -0.2) is 0 Å². The van der Waals surface area contributed by atoms with Gasteiger partial charge in [0.1, 0.15) is 0 Å². The van der Waals surface area contributed by atoms with E-state index in [9.17, 15) is 0 Å². The maximum Gasteiger partial charge on any atom is 0.0547 e. The Morgan fingerprint density at radius 3 is 2.76 bits per heavy atom. The van der Waals surface area contributed by atoms with Crippen LogP contribution in [0.2, 0.25) is 0 Å². The Bertz CT molecular complexity index is 364. The van der Waals surface area contributed by atoms with Crippen LogP contribution in [0.1, 0.15) is 31.7 Å². The maximum absolute atomic E-state index is 5.62. The van der Waals surface area contributed by atoms with Gasteiger partial charge in [-0.05, 0) is 36.9 Å². The van der Waals surface area contributed by atoms with Gasteiger partial charge in [-0.1, -0.05) is 19.9 Å². The molecule has 2 heterocycles. The Labute approximate surface area is 104 Å². The molecule has 2 N–H and O–H groups in total. The van der Waals surface area contributed by atoms with Gasteiger partial charge in [-0.3, -0.25) is 9.88 Å². The van der Waals surface area contributed by atoms with Crippen LogP contribution in [0, 0.1) is 11.8 Å². The number of rotatable bonds is 3. The highest BCUT2D eigenvalue weighted by Crippen LogP contribution is 2.23. The molecule has 2 unspecified atom stereocenters. The number of nitrogens with two attached hydrogens (primary N) is 1. The molecule has 3 nitrogen and oxygen atoms in total. The fourth-order valence-electron chi connectivity index (χ4n) is 2.45. The molecule has 17 heavy (non-hydrogen) atoms. The Kier molecular flexibility index (Phi) is 4.13. The average molecular weight is 233 g/mol. The van der Waals surface area contributed by atoms with Gasteiger partial charge in [0.15, 0.2) is 0 Å². The standard InChI is InChI=1S/C14H23N3/c1-11-6-7-17(9-12(11)2)10-14-5-3-4-13(8-15)16-14/h3-5,11-12H,6-10,15H2,1-2H3. The molecule has 0 spiro atoms. The molecule has 0 aromatic carbocycles. The van der Waals surface area contributed by atoms with Gasteiger partial charge < -0.3 is 5.73 Å². The number of hydrogen-bond acceptors (Lipinski definition) is 3. The lowest BCUT2D eigenvalue weighted by atomic mass is 9.88. The average Bonchev–Trinajstić information content (AvgIpc) is 2.34. The lowest BCUT2D eigenvalue weighted by molar-refractivity contribution is 0.131. The Morgan fingerprint density at radius 2 is 2.06 bits per heavy atom. The van der Waals surface area contributed by atoms with Crippen LogP contribution in [0.25, 0.3) is 0 Å². The van der Waals surface area contributed by atoms with Crippen LogP contribution in [-0.4, -0.2) is 23.0 Å². The quantitative estimate of drug-likeness (QED) is 0.868. The fourth-order valence-corrected chi connectivity index (χ4v) is 2.45. The van der Waals surface area contributed by atoms with Crippen molar-refractivity contribution in [2.24, 2.45) is 17.6 Å². The molecule has 1 aromatic rings. The molecule has 0 radical (unpaired) electrons. The van der Waals surface area contributed by atoms with Crippen molar-refractivity contribution in [1.82, 2.24) is 9.88 Å². The van der Waals surface area contributed by atoms with Crippen LogP contribution < -0.4 is 5.73 Å². The lowest BCUT2D eigenvalue weighted by Gasteiger charge is -2.35. The van der Waals surface area contributed by atoms with Crippen molar-refractivity contribution in [3.63, 3.8) is 0 Å². The second-order valence-corrected chi connectivity index (χ2v) is 5.30. The molecule has 3 heteroatoms. The van der Waals surface area contributed by atoms with Crippen molar-refractivity contribution in [3.05, 3.63) is 29.6 Å². The van der Waals surface area contributed by atoms with Crippen LogP contribution >= 0.6 is 0 Å². The summed E-state index contributed by atoms with van der Waals surface area (Å²) in [6, 6.07) is 6.15. The number of aromatic nitrogens is 1. The summed E-state index contributed by atoms with van der Waals surface area (Å²) in [5, 5.41) is 0. The second-order valence-electron chi connectivity index (χ2n) is 5.30. The number of likely N-dealkylation sites (tertiary alicyclic amines) is 1. The van der Waals surface area contributed by atoms with Crippen molar-refractivity contribution in [1.29, 1.82) is 0 Å². The molecule has 2 atom stereocenters. The number of nitrogens with zero attached hydrogens (tertiary/aromatic N) is 2. The highest BCUT2D eigenvalue weighted by molar-refractivity contribution is 5.11. The predicted molar refractivity (Wildman–Crippen MR) is 70.4 cm³/mol. The molecule has 0 saturated carbocycles. The van der Waals surface area contributed by atoms with Crippen LogP contribution in [0.4, 0.5) is 0 Å². The Balaban J connectivity index is 1.96. The number of hydrogen-bond donors (Lipinski definition) is 1. The fraction of sp³-hybridized carbons (Fsp3) is 0.643. The molecular formula is C14H23N3. The summed E-state index contributed by atoms with van der Waals surface area (Å²) in [7, 11) is 0. The first-order chi connectivity index (χ1) is 8.19. The van der Waals surface area contributed by atoms with Gasteiger partial charge in [0.25, 0.3) is 0 Å². The van der Waals surface area contributed by atoms with Gasteiger partial charge in [0.05, 0.1) is 11.4 Å². The van der Waals surface area contributed by atoms with Gasteiger partial charge in [-0.2, -0.15) is 0 Å². The summed E-state index contributed by atoms with van der Waals surface area (Å²) < 4.78 is 0. The van der Waals surface area contributed by atoms with E-state index in [1.807, 2.05) is 6.07 Å². The molecule has 0 bridgehead atoms. The molecule has 2 rings (SSSR count). The maximum atomic E-state index is 5.62. The molecule has 0 aliphatic carbocycles. The van der Waals surface area contributed by atoms with Gasteiger partial charge in [-0.15, -0.1) is 0 Å². The third kappa shape index (κ3) is 3.27. The summed E-state index contributed by atoms with van der Waals surface area (Å²) in [4.78, 5) is 7.07. The van der Waals surface area contributed by atoms with Crippen LogP contribution in [0.15, 0.2) is 18.2 Å². The van der Waals surface area contributed by atoms with Crippen LogP contribution in [-0.2, 0) is 13.1 Å². The second kappa shape index (κ2) is 5.61. The van der Waals surface area contributed by atoms with Crippen LogP contribution in [0.3, 0.4) is 0 Å². The number of pyridine rings is 1. The normalized spacial score (nSPS) is 26.1. The third-order valence-corrected chi connectivity index (χ3v) is 3.88. The summed E-state index contributed by atoms with van der Waals surface area (Å²) in [6.07, 6.45) is 1.30. The van der Waals surface area contributed by atoms with Crippen molar-refractivity contribution in [3.8, 4) is 0 Å². The Hall–Kier alpha value is -0.930. The zero-order chi connectivity index (χ0) is 12.3. The monoisotopic (exact) mass is 233 g/mol. The van der Waals surface area contributed by atoms with Crippen molar-refractivity contribution < 1.29 is 0 Å². The summed E-state index contributed by atoms with van der Waals surface area (Å²) in [5.41, 5.74) is 7.75. The van der Waals surface area contributed by atoms with Crippen LogP contribution in [0.5, 0.6) is 0 Å². The molecule has 1 aliphatic rings. The molecule has 1 aliphatic heterocycles. The summed E-state index contributed by atoms with van der Waals surface area (Å²) >= 11 is 0. The first-order valence-electron chi connectivity index (χ1n) is 6.56. The molecular weight excluding hydrogens is 210 g/mol. The molecule has 1 saturated heterocycles. The largest absolute Gasteiger partial charge is 0.325 e. The van der Waals surface area contributed by atoms with E-state index in [2.05, 4.69) is 35.9 Å². The minimum Gasteiger partial charge on any atom is -0.325 e. The molecule has 0 amide bonds. The van der Waals surface area contributed by atoms with E-state index in [1.54, 1.807) is 0 Å². The highest BCUT2D eigenvalue weighted by Gasteiger charge is 2.22. The van der Waals surface area contributed by atoms with Gasteiger partial charge >= 0.3 is 0 Å². The van der Waals surface area contributed by atoms with Gasteiger partial charge in [0.2, 0.25) is 0 Å². The molecule has 1 fully saturated rings. The highest BCUT2D eigenvalue weighted by atomic mass is 15.1. The summed E-state index contributed by atoms with van der Waals surface area (Å²) in [5.74, 6) is 1.65. The van der Waals surface area contributed by atoms with E-state index >= 15 is 0 Å². The van der Waals surface area contributed by atoms with E-state index in [0.717, 1.165) is 29.8 Å². The minimum atomic E-state index is 0.529. The Morgan fingerprint density at radius 1 is 1.29 bits per heavy atom. The zero-order valence-corrected chi connectivity index (χ0v) is 10.9. The topological polar surface area (TPSA) is 42.1 Å². The van der Waals surface area contributed by atoms with E-state index in [-0.39, 0.29) is 0 Å². The van der Waals surface area contributed by atoms with E-state index < -0.39 is 0 Å². The van der Waals surface area contributed by atoms with Crippen molar-refractivity contribution in [2.75, 3.05) is 13.1 Å². The lowest BCUT2D eigenvalue weighted by Crippen LogP contribution is -2.38. The van der Waals surface area contributed by atoms with E-state index in [0.29, 0.717) is 6.54 Å². The van der Waals surface area contributed by atoms with E-state index in [4.69, 9.17) is 5.73 Å². The van der Waals surface area contributed by atoms with Crippen molar-refractivity contribution >= 4 is 0 Å².